The first-order valence-electron chi connectivity index (χ1n) is 8.95. The van der Waals surface area contributed by atoms with Gasteiger partial charge < -0.3 is 20.2 Å². The zero-order chi connectivity index (χ0) is 18.5. The van der Waals surface area contributed by atoms with Crippen LogP contribution in [0.3, 0.4) is 0 Å². The largest absolute Gasteiger partial charge is 0.427 e. The van der Waals surface area contributed by atoms with Crippen molar-refractivity contribution in [2.75, 3.05) is 25.0 Å². The minimum Gasteiger partial charge on any atom is -0.427 e. The number of anilines is 1. The van der Waals surface area contributed by atoms with Gasteiger partial charge in [0.05, 0.1) is 0 Å². The molecule has 1 unspecified atom stereocenters. The van der Waals surface area contributed by atoms with Crippen molar-refractivity contribution in [3.63, 3.8) is 0 Å². The van der Waals surface area contributed by atoms with Crippen molar-refractivity contribution in [3.8, 4) is 0 Å². The molecule has 0 bridgehead atoms. The maximum Gasteiger partial charge on any atom is 0.349 e. The number of aryl methyl sites for hydroxylation is 1. The summed E-state index contributed by atoms with van der Waals surface area (Å²) in [7, 11) is 0. The Labute approximate surface area is 164 Å². The first-order chi connectivity index (χ1) is 12.6. The monoisotopic (exact) mass is 392 g/mol. The lowest BCUT2D eigenvalue weighted by Crippen LogP contribution is -2.30. The number of amides is 1. The van der Waals surface area contributed by atoms with E-state index in [1.807, 2.05) is 12.1 Å². The van der Waals surface area contributed by atoms with Gasteiger partial charge in [0, 0.05) is 24.8 Å². The van der Waals surface area contributed by atoms with E-state index in [2.05, 4.69) is 10.6 Å². The molecule has 1 amide bonds. The van der Waals surface area contributed by atoms with Crippen LogP contribution < -0.4 is 16.3 Å². The van der Waals surface area contributed by atoms with E-state index in [0.29, 0.717) is 23.4 Å². The number of carbonyl (C=O) groups excluding carboxylic acids is 1. The van der Waals surface area contributed by atoms with E-state index in [1.54, 1.807) is 25.1 Å². The number of piperidine rings is 1. The molecule has 1 atom stereocenters. The summed E-state index contributed by atoms with van der Waals surface area (Å²) in [6.45, 7) is 3.61. The van der Waals surface area contributed by atoms with Crippen LogP contribution in [0.5, 0.6) is 0 Å². The summed E-state index contributed by atoms with van der Waals surface area (Å²) >= 11 is 0. The summed E-state index contributed by atoms with van der Waals surface area (Å²) in [6.07, 6.45) is 2.58. The van der Waals surface area contributed by atoms with Crippen LogP contribution >= 0.6 is 12.4 Å². The number of aliphatic hydroxyl groups excluding tert-OH is 1. The molecule has 0 saturated carbocycles. The minimum absolute atomic E-state index is 0. The van der Waals surface area contributed by atoms with Crippen LogP contribution in [0.2, 0.25) is 0 Å². The van der Waals surface area contributed by atoms with Crippen molar-refractivity contribution in [1.82, 2.24) is 5.32 Å². The fraction of sp³-hybridized carbons (Fsp3) is 0.400. The SMILES string of the molecule is Cc1cc(C2CCCNC2)oc(=O)c1C(=O)Nc1ccc(CCO)cc1.Cl. The van der Waals surface area contributed by atoms with Crippen LogP contribution in [0.15, 0.2) is 39.5 Å². The Morgan fingerprint density at radius 2 is 2.07 bits per heavy atom. The van der Waals surface area contributed by atoms with Crippen LogP contribution in [-0.4, -0.2) is 30.7 Å². The number of benzene rings is 1. The molecule has 6 nitrogen and oxygen atoms in total. The maximum atomic E-state index is 12.5. The quantitative estimate of drug-likeness (QED) is 0.727. The molecule has 1 aromatic heterocycles. The van der Waals surface area contributed by atoms with Crippen molar-refractivity contribution >= 4 is 24.0 Å². The Balaban J connectivity index is 0.00000261. The van der Waals surface area contributed by atoms with Gasteiger partial charge in [-0.1, -0.05) is 12.1 Å². The third-order valence-electron chi connectivity index (χ3n) is 4.71. The van der Waals surface area contributed by atoms with E-state index in [1.165, 1.54) is 0 Å². The van der Waals surface area contributed by atoms with Crippen molar-refractivity contribution < 1.29 is 14.3 Å². The summed E-state index contributed by atoms with van der Waals surface area (Å²) in [5, 5.41) is 15.0. The fourth-order valence-electron chi connectivity index (χ4n) is 3.28. The summed E-state index contributed by atoms with van der Waals surface area (Å²) in [5.74, 6) is 0.343. The molecule has 1 saturated heterocycles. The average Bonchev–Trinajstić information content (AvgIpc) is 2.64. The summed E-state index contributed by atoms with van der Waals surface area (Å²) in [6, 6.07) is 8.98. The Kier molecular flexibility index (Phi) is 7.59. The number of hydrogen-bond donors (Lipinski definition) is 3. The third kappa shape index (κ3) is 5.19. The van der Waals surface area contributed by atoms with Crippen molar-refractivity contribution in [1.29, 1.82) is 0 Å². The number of nitrogens with one attached hydrogen (secondary N) is 2. The molecule has 1 aliphatic heterocycles. The molecule has 0 spiro atoms. The van der Waals surface area contributed by atoms with Crippen LogP contribution in [0, 0.1) is 6.92 Å². The predicted molar refractivity (Wildman–Crippen MR) is 107 cm³/mol. The standard InChI is InChI=1S/C20H24N2O4.ClH/c1-13-11-17(15-3-2-9-21-12-15)26-20(25)18(13)19(24)22-16-6-4-14(5-7-16)8-10-23;/h4-7,11,15,21,23H,2-3,8-10,12H2,1H3,(H,22,24);1H. The first-order valence-corrected chi connectivity index (χ1v) is 8.95. The number of halogens is 1. The molecule has 146 valence electrons. The molecule has 1 fully saturated rings. The first kappa shape index (κ1) is 21.2. The number of aliphatic hydroxyl groups is 1. The lowest BCUT2D eigenvalue weighted by molar-refractivity contribution is 0.102. The van der Waals surface area contributed by atoms with Gasteiger partial charge in [-0.3, -0.25) is 4.79 Å². The van der Waals surface area contributed by atoms with Crippen molar-refractivity contribution in [2.24, 2.45) is 0 Å². The van der Waals surface area contributed by atoms with Gasteiger partial charge in [-0.25, -0.2) is 4.79 Å². The van der Waals surface area contributed by atoms with Gasteiger partial charge in [0.1, 0.15) is 11.3 Å². The molecular weight excluding hydrogens is 368 g/mol. The fourth-order valence-corrected chi connectivity index (χ4v) is 3.28. The topological polar surface area (TPSA) is 91.6 Å². The van der Waals surface area contributed by atoms with E-state index in [9.17, 15) is 9.59 Å². The molecule has 1 aromatic carbocycles. The highest BCUT2D eigenvalue weighted by molar-refractivity contribution is 6.04. The van der Waals surface area contributed by atoms with E-state index in [-0.39, 0.29) is 30.5 Å². The van der Waals surface area contributed by atoms with Crippen LogP contribution in [0.4, 0.5) is 5.69 Å². The molecule has 1 aliphatic rings. The van der Waals surface area contributed by atoms with E-state index >= 15 is 0 Å². The zero-order valence-corrected chi connectivity index (χ0v) is 16.1. The minimum atomic E-state index is -0.597. The highest BCUT2D eigenvalue weighted by atomic mass is 35.5. The molecule has 27 heavy (non-hydrogen) atoms. The van der Waals surface area contributed by atoms with Crippen molar-refractivity contribution in [3.05, 3.63) is 63.2 Å². The van der Waals surface area contributed by atoms with Gasteiger partial charge in [0.15, 0.2) is 0 Å². The molecule has 2 heterocycles. The second-order valence-electron chi connectivity index (χ2n) is 6.66. The van der Waals surface area contributed by atoms with Gasteiger partial charge >= 0.3 is 5.63 Å². The van der Waals surface area contributed by atoms with Gasteiger partial charge in [0.25, 0.3) is 5.91 Å². The van der Waals surface area contributed by atoms with Crippen molar-refractivity contribution in [2.45, 2.75) is 32.1 Å². The normalized spacial score (nSPS) is 16.4. The van der Waals surface area contributed by atoms with Gasteiger partial charge in [-0.15, -0.1) is 12.4 Å². The molecular formula is C20H25ClN2O4. The predicted octanol–water partition coefficient (Wildman–Crippen LogP) is 2.62. The second-order valence-corrected chi connectivity index (χ2v) is 6.66. The number of rotatable bonds is 5. The molecule has 2 aromatic rings. The smallest absolute Gasteiger partial charge is 0.349 e. The second kappa shape index (κ2) is 9.69. The molecule has 7 heteroatoms. The van der Waals surface area contributed by atoms with Crippen LogP contribution in [-0.2, 0) is 6.42 Å². The average molecular weight is 393 g/mol. The lowest BCUT2D eigenvalue weighted by Gasteiger charge is -2.22. The maximum absolute atomic E-state index is 12.5. The van der Waals surface area contributed by atoms with E-state index in [4.69, 9.17) is 9.52 Å². The highest BCUT2D eigenvalue weighted by Gasteiger charge is 2.22. The molecule has 0 radical (unpaired) electrons. The Morgan fingerprint density at radius 3 is 2.67 bits per heavy atom. The highest BCUT2D eigenvalue weighted by Crippen LogP contribution is 2.24. The Bertz CT molecular complexity index is 827. The number of carbonyl (C=O) groups is 1. The summed E-state index contributed by atoms with van der Waals surface area (Å²) < 4.78 is 5.45. The third-order valence-corrected chi connectivity index (χ3v) is 4.71. The van der Waals surface area contributed by atoms with Crippen LogP contribution in [0.25, 0.3) is 0 Å². The Hall–Kier alpha value is -2.15. The van der Waals surface area contributed by atoms with Gasteiger partial charge in [-0.05, 0) is 62.1 Å². The lowest BCUT2D eigenvalue weighted by atomic mass is 9.95. The van der Waals surface area contributed by atoms with Gasteiger partial charge in [0.2, 0.25) is 0 Å². The zero-order valence-electron chi connectivity index (χ0n) is 15.3. The van der Waals surface area contributed by atoms with E-state index < -0.39 is 11.5 Å². The molecule has 3 N–H and O–H groups in total. The van der Waals surface area contributed by atoms with Crippen LogP contribution in [0.1, 0.15) is 46.0 Å². The molecule has 0 aliphatic carbocycles. The summed E-state index contributed by atoms with van der Waals surface area (Å²) in [5.41, 5.74) is 1.64. The van der Waals surface area contributed by atoms with Gasteiger partial charge in [-0.2, -0.15) is 0 Å². The Morgan fingerprint density at radius 1 is 1.33 bits per heavy atom. The number of hydrogen-bond acceptors (Lipinski definition) is 5. The van der Waals surface area contributed by atoms with E-state index in [0.717, 1.165) is 31.5 Å². The molecule has 3 rings (SSSR count). The summed E-state index contributed by atoms with van der Waals surface area (Å²) in [4.78, 5) is 24.9.